The zero-order valence-electron chi connectivity index (χ0n) is 11.2. The second-order valence-corrected chi connectivity index (χ2v) is 5.57. The summed E-state index contributed by atoms with van der Waals surface area (Å²) >= 11 is 0. The summed E-state index contributed by atoms with van der Waals surface area (Å²) in [5.74, 6) is 0. The SMILES string of the molecule is Cl.Cl.Cl.O=P(O)(O)O.O=S(=O)(O)O.O=S(=O)(O)O.O=S(=O)(O)O.[MgH2].[MgH2].[Zn].[Zn]. The van der Waals surface area contributed by atoms with Gasteiger partial charge in [-0.25, -0.2) is 4.57 Å². The summed E-state index contributed by atoms with van der Waals surface area (Å²) in [6.45, 7) is 0. The summed E-state index contributed by atoms with van der Waals surface area (Å²) in [6.07, 6.45) is 0. The molecule has 0 aliphatic heterocycles. The van der Waals surface area contributed by atoms with Crippen LogP contribution in [-0.2, 0) is 74.7 Å². The molecule has 0 aliphatic carbocycles. The summed E-state index contributed by atoms with van der Waals surface area (Å²) in [6, 6.07) is 0. The molecule has 164 valence electrons. The molecule has 0 unspecified atom stereocenters. The van der Waals surface area contributed by atoms with Gasteiger partial charge in [0.1, 0.15) is 0 Å². The molecule has 0 fully saturated rings. The second kappa shape index (κ2) is 31.6. The topological polar surface area (TPSA) is 302 Å². The maximum absolute atomic E-state index is 8.88. The Hall–Kier alpha value is 3.37. The Morgan fingerprint density at radius 1 is 0.481 bits per heavy atom. The zero-order chi connectivity index (χ0) is 18.0. The number of halogens is 3. The van der Waals surface area contributed by atoms with Crippen molar-refractivity contribution < 1.29 is 111 Å². The fourth-order valence-corrected chi connectivity index (χ4v) is 0. The van der Waals surface area contributed by atoms with Gasteiger partial charge in [-0.1, -0.05) is 0 Å². The fraction of sp³-hybridized carbons (Fsp3) is 0. The normalized spacial score (nSPS) is 8.63. The van der Waals surface area contributed by atoms with Gasteiger partial charge >= 0.3 is 85.1 Å². The van der Waals surface area contributed by atoms with Crippen LogP contribution in [0.1, 0.15) is 0 Å². The fourth-order valence-electron chi connectivity index (χ4n) is 0. The summed E-state index contributed by atoms with van der Waals surface area (Å²) in [7, 11) is -18.6. The molecule has 0 aromatic heterocycles. The van der Waals surface area contributed by atoms with Crippen LogP contribution in [0, 0.1) is 0 Å². The van der Waals surface area contributed by atoms with Crippen molar-refractivity contribution in [2.24, 2.45) is 0 Å². The molecule has 27 heteroatoms. The largest absolute Gasteiger partial charge is 0.466 e. The molecule has 0 radical (unpaired) electrons. The summed E-state index contributed by atoms with van der Waals surface area (Å²) in [5.41, 5.74) is 0. The van der Waals surface area contributed by atoms with Gasteiger partial charge in [-0.05, 0) is 0 Å². The Morgan fingerprint density at radius 2 is 0.481 bits per heavy atom. The smallest absolute Gasteiger partial charge is 0.303 e. The van der Waals surface area contributed by atoms with Gasteiger partial charge < -0.3 is 14.7 Å². The van der Waals surface area contributed by atoms with Crippen LogP contribution in [0.4, 0.5) is 0 Å². The van der Waals surface area contributed by atoms with Gasteiger partial charge in [0.05, 0.1) is 0 Å². The summed E-state index contributed by atoms with van der Waals surface area (Å²) < 4.78 is 104. The van der Waals surface area contributed by atoms with Crippen LogP contribution in [0.25, 0.3) is 0 Å². The van der Waals surface area contributed by atoms with Crippen LogP contribution in [-0.4, -0.2) is 113 Å². The molecular formula is H16Cl3Mg2O16PS3Zn2. The van der Waals surface area contributed by atoms with Gasteiger partial charge in [-0.3, -0.25) is 27.3 Å². The molecule has 0 heterocycles. The molecule has 9 N–H and O–H groups in total. The monoisotopic (exact) mass is 680 g/mol. The van der Waals surface area contributed by atoms with Crippen molar-refractivity contribution in [1.82, 2.24) is 0 Å². The third kappa shape index (κ3) is 1940. The van der Waals surface area contributed by atoms with E-state index < -0.39 is 39.0 Å². The first-order valence-electron chi connectivity index (χ1n) is 2.88. The molecule has 0 saturated heterocycles. The van der Waals surface area contributed by atoms with Crippen LogP contribution in [0.2, 0.25) is 0 Å². The van der Waals surface area contributed by atoms with Crippen molar-refractivity contribution >= 4 is 122 Å². The predicted octanol–water partition coefficient (Wildman–Crippen LogP) is -3.46. The number of hydrogen-bond acceptors (Lipinski definition) is 7. The van der Waals surface area contributed by atoms with E-state index in [0.717, 1.165) is 0 Å². The van der Waals surface area contributed by atoms with E-state index >= 15 is 0 Å². The first-order valence-corrected chi connectivity index (χ1v) is 8.63. The molecular weight excluding hydrogens is 669 g/mol. The van der Waals surface area contributed by atoms with E-state index in [1.54, 1.807) is 0 Å². The van der Waals surface area contributed by atoms with Crippen molar-refractivity contribution in [3.8, 4) is 0 Å². The van der Waals surface area contributed by atoms with E-state index in [0.29, 0.717) is 0 Å². The Kier molecular flexibility index (Phi) is 81.6. The molecule has 16 nitrogen and oxygen atoms in total. The first-order chi connectivity index (χ1) is 8.00. The Morgan fingerprint density at radius 3 is 0.481 bits per heavy atom. The Balaban J connectivity index is -0.0000000129. The number of hydrogen-bond donors (Lipinski definition) is 9. The van der Waals surface area contributed by atoms with Gasteiger partial charge in [0, 0.05) is 39.0 Å². The average molecular weight is 685 g/mol. The first kappa shape index (κ1) is 69.8. The number of phosphoric acid groups is 1. The predicted molar refractivity (Wildman–Crippen MR) is 95.6 cm³/mol. The van der Waals surface area contributed by atoms with Crippen molar-refractivity contribution in [2.75, 3.05) is 0 Å². The van der Waals surface area contributed by atoms with Crippen LogP contribution < -0.4 is 0 Å². The standard InChI is InChI=1S/3ClH.2Mg.H3O4P.3H2O4S.2Zn.4H/c;;;;;4*1-5(2,3)4;;;;;;/h3*1H;;;(H3,1,2,3,4);3*(H2,1,2,3,4);;;;;;. The molecule has 27 heavy (non-hydrogen) atoms. The summed E-state index contributed by atoms with van der Waals surface area (Å²) in [4.78, 5) is 21.6. The second-order valence-electron chi connectivity index (χ2n) is 1.86. The molecule has 0 bridgehead atoms. The third-order valence-electron chi connectivity index (χ3n) is 0. The van der Waals surface area contributed by atoms with Crippen LogP contribution in [0.3, 0.4) is 0 Å². The van der Waals surface area contributed by atoms with Gasteiger partial charge in [0.2, 0.25) is 0 Å². The molecule has 0 aliphatic rings. The molecule has 0 atom stereocenters. The zero-order valence-corrected chi connectivity index (χ0v) is 22.9. The average Bonchev–Trinajstić information content (AvgIpc) is 1.62. The van der Waals surface area contributed by atoms with E-state index in [1.165, 1.54) is 0 Å². The van der Waals surface area contributed by atoms with Gasteiger partial charge in [0.15, 0.2) is 0 Å². The Bertz CT molecular complexity index is 493. The van der Waals surface area contributed by atoms with Gasteiger partial charge in [0.25, 0.3) is 0 Å². The maximum Gasteiger partial charge on any atom is 0.466 e. The van der Waals surface area contributed by atoms with E-state index in [9.17, 15) is 0 Å². The number of rotatable bonds is 0. The quantitative estimate of drug-likeness (QED) is 0.0680. The van der Waals surface area contributed by atoms with Crippen molar-refractivity contribution in [1.29, 1.82) is 0 Å². The van der Waals surface area contributed by atoms with Crippen molar-refractivity contribution in [3.63, 3.8) is 0 Å². The molecule has 0 amide bonds. The minimum absolute atomic E-state index is 0. The minimum Gasteiger partial charge on any atom is -0.303 e. The summed E-state index contributed by atoms with van der Waals surface area (Å²) in [5, 5.41) is 0. The molecule has 0 aromatic rings. The van der Waals surface area contributed by atoms with Crippen molar-refractivity contribution in [2.45, 2.75) is 0 Å². The molecule has 0 saturated carbocycles. The van der Waals surface area contributed by atoms with Gasteiger partial charge in [-0.2, -0.15) is 25.3 Å². The Labute approximate surface area is 230 Å². The van der Waals surface area contributed by atoms with Gasteiger partial charge in [-0.15, -0.1) is 37.2 Å². The van der Waals surface area contributed by atoms with E-state index in [-0.39, 0.29) is 122 Å². The van der Waals surface area contributed by atoms with E-state index in [4.69, 9.17) is 71.8 Å². The molecule has 0 rings (SSSR count). The van der Waals surface area contributed by atoms with Crippen LogP contribution in [0.5, 0.6) is 0 Å². The van der Waals surface area contributed by atoms with Crippen LogP contribution in [0.15, 0.2) is 0 Å². The maximum atomic E-state index is 8.88. The van der Waals surface area contributed by atoms with Crippen molar-refractivity contribution in [3.05, 3.63) is 0 Å². The van der Waals surface area contributed by atoms with Crippen LogP contribution >= 0.6 is 45.0 Å². The van der Waals surface area contributed by atoms with E-state index in [2.05, 4.69) is 0 Å². The van der Waals surface area contributed by atoms with E-state index in [1.807, 2.05) is 0 Å². The minimum atomic E-state index is -4.67. The molecule has 0 spiro atoms. The molecule has 0 aromatic carbocycles. The third-order valence-corrected chi connectivity index (χ3v) is 0.